The number of amides is 1. The molecular formula is C24H27N3O2. The number of pyridine rings is 1. The molecule has 29 heavy (non-hydrogen) atoms. The highest BCUT2D eigenvalue weighted by Gasteiger charge is 2.14. The summed E-state index contributed by atoms with van der Waals surface area (Å²) in [6, 6.07) is 16.0. The van der Waals surface area contributed by atoms with E-state index in [0.29, 0.717) is 5.75 Å². The van der Waals surface area contributed by atoms with Crippen molar-refractivity contribution in [1.82, 2.24) is 4.98 Å². The van der Waals surface area contributed by atoms with Gasteiger partial charge in [-0.3, -0.25) is 4.79 Å². The normalized spacial score (nSPS) is 14.1. The van der Waals surface area contributed by atoms with Gasteiger partial charge in [-0.25, -0.2) is 4.98 Å². The van der Waals surface area contributed by atoms with E-state index in [1.807, 2.05) is 50.2 Å². The van der Waals surface area contributed by atoms with Gasteiger partial charge >= 0.3 is 0 Å². The van der Waals surface area contributed by atoms with Crippen LogP contribution in [-0.4, -0.2) is 30.6 Å². The van der Waals surface area contributed by atoms with Gasteiger partial charge in [0, 0.05) is 24.2 Å². The number of aryl methyl sites for hydroxylation is 2. The molecule has 0 aliphatic carbocycles. The van der Waals surface area contributed by atoms with Crippen LogP contribution in [0.1, 0.15) is 30.4 Å². The van der Waals surface area contributed by atoms with Gasteiger partial charge in [0.15, 0.2) is 6.61 Å². The molecule has 1 saturated heterocycles. The van der Waals surface area contributed by atoms with Gasteiger partial charge in [-0.15, -0.1) is 0 Å². The third kappa shape index (κ3) is 4.50. The molecular weight excluding hydrogens is 362 g/mol. The van der Waals surface area contributed by atoms with E-state index >= 15 is 0 Å². The van der Waals surface area contributed by atoms with Gasteiger partial charge in [0.1, 0.15) is 17.1 Å². The zero-order valence-corrected chi connectivity index (χ0v) is 17.1. The topological polar surface area (TPSA) is 54.5 Å². The molecule has 0 radical (unpaired) electrons. The number of aromatic nitrogens is 1. The zero-order chi connectivity index (χ0) is 20.2. The van der Waals surface area contributed by atoms with E-state index in [1.54, 1.807) is 0 Å². The fourth-order valence-corrected chi connectivity index (χ4v) is 3.73. The van der Waals surface area contributed by atoms with Crippen LogP contribution in [0.25, 0.3) is 10.9 Å². The van der Waals surface area contributed by atoms with Crippen molar-refractivity contribution in [3.63, 3.8) is 0 Å². The molecule has 1 fully saturated rings. The number of benzene rings is 2. The van der Waals surface area contributed by atoms with Crippen molar-refractivity contribution in [3.8, 4) is 5.75 Å². The summed E-state index contributed by atoms with van der Waals surface area (Å²) in [5.74, 6) is 1.44. The van der Waals surface area contributed by atoms with E-state index in [-0.39, 0.29) is 12.5 Å². The minimum atomic E-state index is -0.178. The Morgan fingerprint density at radius 3 is 2.72 bits per heavy atom. The van der Waals surface area contributed by atoms with Crippen molar-refractivity contribution in [2.24, 2.45) is 0 Å². The maximum absolute atomic E-state index is 12.4. The van der Waals surface area contributed by atoms with Crippen LogP contribution in [-0.2, 0) is 4.79 Å². The van der Waals surface area contributed by atoms with Gasteiger partial charge in [-0.05, 0) is 68.5 Å². The van der Waals surface area contributed by atoms with Gasteiger partial charge in [0.05, 0.1) is 0 Å². The Bertz CT molecular complexity index is 1030. The molecule has 150 valence electrons. The van der Waals surface area contributed by atoms with Crippen LogP contribution in [0.4, 0.5) is 11.5 Å². The molecule has 1 aromatic heterocycles. The van der Waals surface area contributed by atoms with E-state index in [4.69, 9.17) is 9.72 Å². The number of hydrogen-bond acceptors (Lipinski definition) is 4. The first-order chi connectivity index (χ1) is 14.1. The minimum Gasteiger partial charge on any atom is -0.481 e. The second-order valence-corrected chi connectivity index (χ2v) is 7.70. The highest BCUT2D eigenvalue weighted by Crippen LogP contribution is 2.27. The number of nitrogens with one attached hydrogen (secondary N) is 1. The summed E-state index contributed by atoms with van der Waals surface area (Å²) in [4.78, 5) is 19.6. The molecule has 1 aliphatic heterocycles. The van der Waals surface area contributed by atoms with E-state index in [9.17, 15) is 4.79 Å². The summed E-state index contributed by atoms with van der Waals surface area (Å²) in [6.45, 7) is 6.02. The molecule has 0 spiro atoms. The van der Waals surface area contributed by atoms with E-state index in [2.05, 4.69) is 22.3 Å². The summed E-state index contributed by atoms with van der Waals surface area (Å²) in [5, 5.41) is 3.95. The number of piperidine rings is 1. The molecule has 0 unspecified atom stereocenters. The Labute approximate surface area is 171 Å². The quantitative estimate of drug-likeness (QED) is 0.677. The Hall–Kier alpha value is -3.08. The lowest BCUT2D eigenvalue weighted by Gasteiger charge is -2.28. The number of fused-ring (bicyclic) bond motifs is 1. The monoisotopic (exact) mass is 389 g/mol. The molecule has 1 N–H and O–H groups in total. The number of nitrogens with zero attached hydrogens (tertiary/aromatic N) is 2. The van der Waals surface area contributed by atoms with Gasteiger partial charge < -0.3 is 15.0 Å². The van der Waals surface area contributed by atoms with Crippen LogP contribution >= 0.6 is 0 Å². The first-order valence-corrected chi connectivity index (χ1v) is 10.2. The summed E-state index contributed by atoms with van der Waals surface area (Å²) in [5.41, 5.74) is 3.76. The summed E-state index contributed by atoms with van der Waals surface area (Å²) < 4.78 is 5.87. The molecule has 2 aromatic carbocycles. The van der Waals surface area contributed by atoms with Crippen molar-refractivity contribution in [2.75, 3.05) is 29.9 Å². The standard InChI is InChI=1S/C24H27N3O2/c1-17-9-10-18(2)20(15-17)25-23(28)16-29-21-8-6-7-19-11-12-22(26-24(19)21)27-13-4-3-5-14-27/h6-12,15H,3-5,13-14,16H2,1-2H3,(H,25,28). The summed E-state index contributed by atoms with van der Waals surface area (Å²) >= 11 is 0. The minimum absolute atomic E-state index is 0.0535. The third-order valence-corrected chi connectivity index (χ3v) is 5.37. The van der Waals surface area contributed by atoms with Gasteiger partial charge in [0.25, 0.3) is 5.91 Å². The number of ether oxygens (including phenoxy) is 1. The van der Waals surface area contributed by atoms with Crippen LogP contribution in [0, 0.1) is 13.8 Å². The molecule has 4 rings (SSSR count). The average Bonchev–Trinajstić information content (AvgIpc) is 2.75. The molecule has 1 aliphatic rings. The molecule has 1 amide bonds. The number of carbonyl (C=O) groups excluding carboxylic acids is 1. The highest BCUT2D eigenvalue weighted by atomic mass is 16.5. The molecule has 0 atom stereocenters. The third-order valence-electron chi connectivity index (χ3n) is 5.37. The lowest BCUT2D eigenvalue weighted by atomic mass is 10.1. The maximum atomic E-state index is 12.4. The fraction of sp³-hybridized carbons (Fsp3) is 0.333. The molecule has 5 heteroatoms. The first-order valence-electron chi connectivity index (χ1n) is 10.2. The molecule has 0 bridgehead atoms. The van der Waals surface area contributed by atoms with Crippen LogP contribution in [0.5, 0.6) is 5.75 Å². The molecule has 5 nitrogen and oxygen atoms in total. The predicted octanol–water partition coefficient (Wildman–Crippen LogP) is 4.86. The lowest BCUT2D eigenvalue weighted by molar-refractivity contribution is -0.118. The average molecular weight is 389 g/mol. The first kappa shape index (κ1) is 19.2. The molecule has 2 heterocycles. The van der Waals surface area contributed by atoms with Crippen molar-refractivity contribution in [2.45, 2.75) is 33.1 Å². The molecule has 0 saturated carbocycles. The second-order valence-electron chi connectivity index (χ2n) is 7.70. The fourth-order valence-electron chi connectivity index (χ4n) is 3.73. The highest BCUT2D eigenvalue weighted by molar-refractivity contribution is 5.93. The van der Waals surface area contributed by atoms with Crippen LogP contribution in [0.3, 0.4) is 0 Å². The maximum Gasteiger partial charge on any atom is 0.262 e. The van der Waals surface area contributed by atoms with Gasteiger partial charge in [-0.1, -0.05) is 24.3 Å². The van der Waals surface area contributed by atoms with E-state index in [0.717, 1.165) is 46.6 Å². The predicted molar refractivity (Wildman–Crippen MR) is 118 cm³/mol. The van der Waals surface area contributed by atoms with E-state index < -0.39 is 0 Å². The number of rotatable bonds is 5. The van der Waals surface area contributed by atoms with Crippen molar-refractivity contribution >= 4 is 28.3 Å². The Balaban J connectivity index is 1.49. The number of anilines is 2. The SMILES string of the molecule is Cc1ccc(C)c(NC(=O)COc2cccc3ccc(N4CCCCC4)nc23)c1. The Kier molecular flexibility index (Phi) is 5.65. The smallest absolute Gasteiger partial charge is 0.262 e. The number of carbonyl (C=O) groups is 1. The van der Waals surface area contributed by atoms with Crippen molar-refractivity contribution in [1.29, 1.82) is 0 Å². The largest absolute Gasteiger partial charge is 0.481 e. The Morgan fingerprint density at radius 2 is 1.90 bits per heavy atom. The second kappa shape index (κ2) is 8.52. The Morgan fingerprint density at radius 1 is 1.07 bits per heavy atom. The van der Waals surface area contributed by atoms with E-state index in [1.165, 1.54) is 19.3 Å². The van der Waals surface area contributed by atoms with Gasteiger partial charge in [0.2, 0.25) is 0 Å². The van der Waals surface area contributed by atoms with Crippen molar-refractivity contribution < 1.29 is 9.53 Å². The lowest BCUT2D eigenvalue weighted by Crippen LogP contribution is -2.30. The van der Waals surface area contributed by atoms with Crippen LogP contribution in [0.15, 0.2) is 48.5 Å². The summed E-state index contributed by atoms with van der Waals surface area (Å²) in [6.07, 6.45) is 3.70. The van der Waals surface area contributed by atoms with Gasteiger partial charge in [-0.2, -0.15) is 0 Å². The number of para-hydroxylation sites is 1. The summed E-state index contributed by atoms with van der Waals surface area (Å²) in [7, 11) is 0. The number of hydrogen-bond donors (Lipinski definition) is 1. The van der Waals surface area contributed by atoms with Crippen LogP contribution < -0.4 is 15.0 Å². The van der Waals surface area contributed by atoms with Crippen LogP contribution in [0.2, 0.25) is 0 Å². The zero-order valence-electron chi connectivity index (χ0n) is 17.1. The molecule has 3 aromatic rings. The van der Waals surface area contributed by atoms with Crippen molar-refractivity contribution in [3.05, 3.63) is 59.7 Å².